The van der Waals surface area contributed by atoms with Crippen molar-refractivity contribution >= 4 is 23.2 Å². The molecule has 94 valence electrons. The topological polar surface area (TPSA) is 42.7 Å². The second-order valence-electron chi connectivity index (χ2n) is 3.67. The van der Waals surface area contributed by atoms with Crippen molar-refractivity contribution in [2.75, 3.05) is 19.1 Å². The molecule has 1 heterocycles. The van der Waals surface area contributed by atoms with Crippen LogP contribution in [0.3, 0.4) is 0 Å². The molecule has 0 aliphatic carbocycles. The van der Waals surface area contributed by atoms with Crippen molar-refractivity contribution in [1.29, 1.82) is 0 Å². The lowest BCUT2D eigenvalue weighted by Crippen LogP contribution is -2.25. The van der Waals surface area contributed by atoms with Gasteiger partial charge in [-0.1, -0.05) is 0 Å². The number of hydrogen-bond acceptors (Lipinski definition) is 3. The Morgan fingerprint density at radius 1 is 1.22 bits per heavy atom. The molecule has 18 heavy (non-hydrogen) atoms. The molecule has 2 aromatic rings. The molecule has 4 nitrogen and oxygen atoms in total. The average molecular weight is 266 g/mol. The normalized spacial score (nSPS) is 10.2. The molecule has 1 aromatic heterocycles. The third-order valence-electron chi connectivity index (χ3n) is 2.55. The maximum atomic E-state index is 12.1. The Morgan fingerprint density at radius 2 is 1.89 bits per heavy atom. The highest BCUT2D eigenvalue weighted by Gasteiger charge is 2.17. The van der Waals surface area contributed by atoms with Crippen LogP contribution in [0.4, 0.5) is 5.69 Å². The predicted molar refractivity (Wildman–Crippen MR) is 69.4 cm³/mol. The van der Waals surface area contributed by atoms with E-state index in [1.54, 1.807) is 44.5 Å². The van der Waals surface area contributed by atoms with E-state index in [-0.39, 0.29) is 16.9 Å². The fraction of sp³-hybridized carbons (Fsp3) is 0.154. The minimum atomic E-state index is -0.257. The Kier molecular flexibility index (Phi) is 3.58. The number of amides is 1. The molecule has 0 atom stereocenters. The fourth-order valence-electron chi connectivity index (χ4n) is 1.52. The van der Waals surface area contributed by atoms with E-state index in [4.69, 9.17) is 20.8 Å². The molecular formula is C13H12ClNO3. The van der Waals surface area contributed by atoms with Gasteiger partial charge in [0.05, 0.1) is 7.11 Å². The Morgan fingerprint density at radius 3 is 2.39 bits per heavy atom. The third kappa shape index (κ3) is 2.49. The summed E-state index contributed by atoms with van der Waals surface area (Å²) in [5, 5.41) is 0.196. The largest absolute Gasteiger partial charge is 0.497 e. The molecule has 0 aliphatic heterocycles. The average Bonchev–Trinajstić information content (AvgIpc) is 2.84. The van der Waals surface area contributed by atoms with Crippen LogP contribution in [0, 0.1) is 0 Å². The van der Waals surface area contributed by atoms with Gasteiger partial charge in [-0.25, -0.2) is 0 Å². The number of hydrogen-bond donors (Lipinski definition) is 0. The van der Waals surface area contributed by atoms with Gasteiger partial charge in [0, 0.05) is 12.7 Å². The molecule has 1 aromatic carbocycles. The summed E-state index contributed by atoms with van der Waals surface area (Å²) in [5.74, 6) is 0.686. The lowest BCUT2D eigenvalue weighted by molar-refractivity contribution is 0.0966. The molecule has 0 saturated heterocycles. The van der Waals surface area contributed by atoms with Gasteiger partial charge in [-0.2, -0.15) is 0 Å². The van der Waals surface area contributed by atoms with Crippen LogP contribution >= 0.6 is 11.6 Å². The second-order valence-corrected chi connectivity index (χ2v) is 4.04. The number of carbonyl (C=O) groups excluding carboxylic acids is 1. The summed E-state index contributed by atoms with van der Waals surface area (Å²) in [7, 11) is 3.26. The van der Waals surface area contributed by atoms with Crippen LogP contribution in [0.5, 0.6) is 5.75 Å². The van der Waals surface area contributed by atoms with Crippen LogP contribution in [0.1, 0.15) is 10.6 Å². The highest BCUT2D eigenvalue weighted by molar-refractivity contribution is 6.29. The third-order valence-corrected chi connectivity index (χ3v) is 2.75. The first-order valence-corrected chi connectivity index (χ1v) is 5.67. The first-order valence-electron chi connectivity index (χ1n) is 5.29. The molecular weight excluding hydrogens is 254 g/mol. The first kappa shape index (κ1) is 12.5. The number of rotatable bonds is 3. The van der Waals surface area contributed by atoms with Gasteiger partial charge in [-0.3, -0.25) is 4.79 Å². The number of anilines is 1. The smallest absolute Gasteiger partial charge is 0.293 e. The number of furan rings is 1. The van der Waals surface area contributed by atoms with Gasteiger partial charge in [0.25, 0.3) is 5.91 Å². The van der Waals surface area contributed by atoms with E-state index in [0.717, 1.165) is 11.4 Å². The van der Waals surface area contributed by atoms with Crippen molar-refractivity contribution in [2.45, 2.75) is 0 Å². The van der Waals surface area contributed by atoms with E-state index < -0.39 is 0 Å². The summed E-state index contributed by atoms with van der Waals surface area (Å²) in [6.45, 7) is 0. The van der Waals surface area contributed by atoms with Crippen molar-refractivity contribution in [1.82, 2.24) is 0 Å². The monoisotopic (exact) mass is 265 g/mol. The maximum absolute atomic E-state index is 12.1. The van der Waals surface area contributed by atoms with E-state index in [9.17, 15) is 4.79 Å². The van der Waals surface area contributed by atoms with Gasteiger partial charge in [-0.05, 0) is 48.0 Å². The van der Waals surface area contributed by atoms with Gasteiger partial charge in [-0.15, -0.1) is 0 Å². The van der Waals surface area contributed by atoms with Crippen molar-refractivity contribution < 1.29 is 13.9 Å². The summed E-state index contributed by atoms with van der Waals surface area (Å²) in [6, 6.07) is 10.2. The van der Waals surface area contributed by atoms with Crippen LogP contribution in [-0.4, -0.2) is 20.1 Å². The number of methoxy groups -OCH3 is 1. The molecule has 2 rings (SSSR count). The van der Waals surface area contributed by atoms with Crippen molar-refractivity contribution in [2.24, 2.45) is 0 Å². The molecule has 0 aliphatic rings. The maximum Gasteiger partial charge on any atom is 0.293 e. The second kappa shape index (κ2) is 5.14. The summed E-state index contributed by atoms with van der Waals surface area (Å²) < 4.78 is 10.1. The Hall–Kier alpha value is -1.94. The molecule has 0 unspecified atom stereocenters. The minimum absolute atomic E-state index is 0.196. The lowest BCUT2D eigenvalue weighted by atomic mass is 10.2. The molecule has 1 amide bonds. The molecule has 0 radical (unpaired) electrons. The first-order chi connectivity index (χ1) is 8.61. The van der Waals surface area contributed by atoms with Gasteiger partial charge in [0.15, 0.2) is 11.0 Å². The molecule has 0 bridgehead atoms. The lowest BCUT2D eigenvalue weighted by Gasteiger charge is -2.16. The molecule has 0 spiro atoms. The fourth-order valence-corrected chi connectivity index (χ4v) is 1.66. The predicted octanol–water partition coefficient (Wildman–Crippen LogP) is 3.22. The SMILES string of the molecule is COc1ccc(N(C)C(=O)c2ccc(Cl)o2)cc1. The zero-order valence-corrected chi connectivity index (χ0v) is 10.8. The molecule has 0 N–H and O–H groups in total. The highest BCUT2D eigenvalue weighted by atomic mass is 35.5. The number of nitrogens with zero attached hydrogens (tertiary/aromatic N) is 1. The van der Waals surface area contributed by atoms with Crippen LogP contribution in [0.25, 0.3) is 0 Å². The number of benzene rings is 1. The van der Waals surface area contributed by atoms with Gasteiger partial charge in [0.1, 0.15) is 5.75 Å². The van der Waals surface area contributed by atoms with Gasteiger partial charge < -0.3 is 14.1 Å². The summed E-state index contributed by atoms with van der Waals surface area (Å²) in [6.07, 6.45) is 0. The van der Waals surface area contributed by atoms with E-state index in [1.165, 1.54) is 11.0 Å². The summed E-state index contributed by atoms with van der Waals surface area (Å²) >= 11 is 5.64. The Bertz CT molecular complexity index is 548. The van der Waals surface area contributed by atoms with E-state index in [0.29, 0.717) is 0 Å². The van der Waals surface area contributed by atoms with Crippen LogP contribution in [0.2, 0.25) is 5.22 Å². The molecule has 0 fully saturated rings. The van der Waals surface area contributed by atoms with E-state index in [1.807, 2.05) is 0 Å². The minimum Gasteiger partial charge on any atom is -0.497 e. The zero-order chi connectivity index (χ0) is 13.1. The van der Waals surface area contributed by atoms with Crippen molar-refractivity contribution in [3.8, 4) is 5.75 Å². The van der Waals surface area contributed by atoms with E-state index in [2.05, 4.69) is 0 Å². The zero-order valence-electron chi connectivity index (χ0n) is 10.0. The van der Waals surface area contributed by atoms with Crippen LogP contribution < -0.4 is 9.64 Å². The van der Waals surface area contributed by atoms with Crippen molar-refractivity contribution in [3.05, 3.63) is 47.4 Å². The quantitative estimate of drug-likeness (QED) is 0.856. The van der Waals surface area contributed by atoms with Crippen molar-refractivity contribution in [3.63, 3.8) is 0 Å². The summed E-state index contributed by atoms with van der Waals surface area (Å²) in [5.41, 5.74) is 0.744. The van der Waals surface area contributed by atoms with Crippen LogP contribution in [-0.2, 0) is 0 Å². The number of halogens is 1. The standard InChI is InChI=1S/C13H12ClNO3/c1-15(9-3-5-10(17-2)6-4-9)13(16)11-7-8-12(14)18-11/h3-8H,1-2H3. The van der Waals surface area contributed by atoms with Gasteiger partial charge >= 0.3 is 0 Å². The number of carbonyl (C=O) groups is 1. The van der Waals surface area contributed by atoms with Gasteiger partial charge in [0.2, 0.25) is 0 Å². The summed E-state index contributed by atoms with van der Waals surface area (Å²) in [4.78, 5) is 13.5. The Balaban J connectivity index is 2.19. The highest BCUT2D eigenvalue weighted by Crippen LogP contribution is 2.21. The Labute approximate surface area is 110 Å². The number of ether oxygens (including phenoxy) is 1. The van der Waals surface area contributed by atoms with E-state index >= 15 is 0 Å². The molecule has 0 saturated carbocycles. The van der Waals surface area contributed by atoms with Crippen LogP contribution in [0.15, 0.2) is 40.8 Å². The molecule has 5 heteroatoms.